The molecule has 0 radical (unpaired) electrons. The molecule has 0 aliphatic carbocycles. The molecule has 19 heavy (non-hydrogen) atoms. The van der Waals surface area contributed by atoms with Gasteiger partial charge in [0.1, 0.15) is 0 Å². The van der Waals surface area contributed by atoms with Crippen molar-refractivity contribution in [2.24, 2.45) is 11.0 Å². The minimum Gasteiger partial charge on any atom is -0.296 e. The summed E-state index contributed by atoms with van der Waals surface area (Å²) in [6.07, 6.45) is -4.21. The Morgan fingerprint density at radius 1 is 1.26 bits per heavy atom. The second-order valence-electron chi connectivity index (χ2n) is 4.55. The van der Waals surface area contributed by atoms with Crippen molar-refractivity contribution in [3.63, 3.8) is 0 Å². The van der Waals surface area contributed by atoms with E-state index in [0.717, 1.165) is 5.56 Å². The first-order chi connectivity index (χ1) is 8.84. The quantitative estimate of drug-likeness (QED) is 0.582. The summed E-state index contributed by atoms with van der Waals surface area (Å²) in [6.45, 7) is 3.45. The molecule has 0 amide bonds. The number of hydrazone groups is 1. The van der Waals surface area contributed by atoms with Gasteiger partial charge in [-0.25, -0.2) is 0 Å². The highest BCUT2D eigenvalue weighted by Crippen LogP contribution is 2.30. The molecule has 0 saturated carbocycles. The largest absolute Gasteiger partial charge is 0.396 e. The van der Waals surface area contributed by atoms with Gasteiger partial charge in [0.15, 0.2) is 0 Å². The maximum atomic E-state index is 12.7. The fourth-order valence-corrected chi connectivity index (χ4v) is 1.99. The van der Waals surface area contributed by atoms with E-state index in [-0.39, 0.29) is 12.1 Å². The summed E-state index contributed by atoms with van der Waals surface area (Å²) >= 11 is 0. The lowest BCUT2D eigenvalue weighted by Crippen LogP contribution is -2.30. The van der Waals surface area contributed by atoms with E-state index in [1.54, 1.807) is 12.1 Å². The van der Waals surface area contributed by atoms with Crippen LogP contribution in [0.2, 0.25) is 0 Å². The van der Waals surface area contributed by atoms with Crippen molar-refractivity contribution in [2.45, 2.75) is 33.0 Å². The average molecular weight is 272 g/mol. The Bertz CT molecular complexity index is 412. The van der Waals surface area contributed by atoms with Crippen LogP contribution in [-0.4, -0.2) is 23.9 Å². The average Bonchev–Trinajstić information content (AvgIpc) is 2.28. The van der Waals surface area contributed by atoms with Crippen LogP contribution >= 0.6 is 0 Å². The molecule has 0 aromatic heterocycles. The summed E-state index contributed by atoms with van der Waals surface area (Å²) in [4.78, 5) is 0. The molecule has 0 saturated heterocycles. The van der Waals surface area contributed by atoms with Gasteiger partial charge < -0.3 is 0 Å². The molecule has 0 fully saturated rings. The number of nitrogens with zero attached hydrogens (tertiary/aromatic N) is 2. The van der Waals surface area contributed by atoms with Crippen LogP contribution in [0.3, 0.4) is 0 Å². The van der Waals surface area contributed by atoms with E-state index >= 15 is 0 Å². The van der Waals surface area contributed by atoms with Crippen molar-refractivity contribution in [2.75, 3.05) is 7.05 Å². The number of rotatable bonds is 5. The third kappa shape index (κ3) is 4.93. The molecular weight excluding hydrogens is 253 g/mol. The van der Waals surface area contributed by atoms with Crippen molar-refractivity contribution in [1.82, 2.24) is 5.01 Å². The number of hydrogen-bond acceptors (Lipinski definition) is 2. The van der Waals surface area contributed by atoms with E-state index in [2.05, 4.69) is 5.10 Å². The molecule has 0 aliphatic heterocycles. The predicted molar refractivity (Wildman–Crippen MR) is 70.9 cm³/mol. The van der Waals surface area contributed by atoms with Crippen LogP contribution in [0.1, 0.15) is 25.8 Å². The lowest BCUT2D eigenvalue weighted by atomic mass is 10.0. The third-order valence-corrected chi connectivity index (χ3v) is 2.89. The normalized spacial score (nSPS) is 14.3. The maximum absolute atomic E-state index is 12.7. The fourth-order valence-electron chi connectivity index (χ4n) is 1.99. The molecule has 0 heterocycles. The Balaban J connectivity index is 2.72. The Kier molecular flexibility index (Phi) is 5.39. The highest BCUT2D eigenvalue weighted by molar-refractivity contribution is 5.84. The Labute approximate surface area is 111 Å². The third-order valence-electron chi connectivity index (χ3n) is 2.89. The number of halogens is 3. The predicted octanol–water partition coefficient (Wildman–Crippen LogP) is 4.08. The minimum atomic E-state index is -4.23. The van der Waals surface area contributed by atoms with Crippen LogP contribution in [0.15, 0.2) is 35.4 Å². The van der Waals surface area contributed by atoms with Gasteiger partial charge in [-0.1, -0.05) is 37.3 Å². The summed E-state index contributed by atoms with van der Waals surface area (Å²) in [6, 6.07) is 9.52. The zero-order valence-corrected chi connectivity index (χ0v) is 11.4. The topological polar surface area (TPSA) is 15.6 Å². The van der Waals surface area contributed by atoms with Crippen LogP contribution in [-0.2, 0) is 6.54 Å². The second-order valence-corrected chi connectivity index (χ2v) is 4.55. The Morgan fingerprint density at radius 2 is 1.84 bits per heavy atom. The van der Waals surface area contributed by atoms with E-state index in [1.807, 2.05) is 30.3 Å². The van der Waals surface area contributed by atoms with Gasteiger partial charge in [0.25, 0.3) is 0 Å². The molecule has 1 unspecified atom stereocenters. The minimum absolute atomic E-state index is 0.0119. The summed E-state index contributed by atoms with van der Waals surface area (Å²) in [5.74, 6) is -1.47. The molecule has 1 aromatic rings. The SMILES string of the molecule is CCC(/C(C)=N\N(C)Cc1ccccc1)C(F)(F)F. The molecule has 0 spiro atoms. The molecule has 1 aromatic carbocycles. The van der Waals surface area contributed by atoms with Gasteiger partial charge >= 0.3 is 6.18 Å². The molecule has 5 heteroatoms. The highest BCUT2D eigenvalue weighted by atomic mass is 19.4. The lowest BCUT2D eigenvalue weighted by molar-refractivity contribution is -0.156. The molecule has 0 bridgehead atoms. The lowest BCUT2D eigenvalue weighted by Gasteiger charge is -2.21. The van der Waals surface area contributed by atoms with E-state index in [4.69, 9.17) is 0 Å². The number of benzene rings is 1. The standard InChI is InChI=1S/C14H19F3N2/c1-4-13(14(15,16)17)11(2)18-19(3)10-12-8-6-5-7-9-12/h5-9,13H,4,10H2,1-3H3/b18-11-. The molecule has 1 atom stereocenters. The maximum Gasteiger partial charge on any atom is 0.396 e. The van der Waals surface area contributed by atoms with E-state index < -0.39 is 12.1 Å². The van der Waals surface area contributed by atoms with Crippen molar-refractivity contribution in [3.8, 4) is 0 Å². The summed E-state index contributed by atoms with van der Waals surface area (Å²) < 4.78 is 38.2. The fraction of sp³-hybridized carbons (Fsp3) is 0.500. The molecular formula is C14H19F3N2. The van der Waals surface area contributed by atoms with Gasteiger partial charge in [0.05, 0.1) is 12.5 Å². The monoisotopic (exact) mass is 272 g/mol. The van der Waals surface area contributed by atoms with Crippen molar-refractivity contribution in [1.29, 1.82) is 0 Å². The summed E-state index contributed by atoms with van der Waals surface area (Å²) in [5, 5.41) is 5.58. The van der Waals surface area contributed by atoms with E-state index in [9.17, 15) is 13.2 Å². The number of hydrogen-bond donors (Lipinski definition) is 0. The van der Waals surface area contributed by atoms with Gasteiger partial charge in [-0.05, 0) is 18.9 Å². The Morgan fingerprint density at radius 3 is 2.32 bits per heavy atom. The highest BCUT2D eigenvalue weighted by Gasteiger charge is 2.40. The first-order valence-corrected chi connectivity index (χ1v) is 6.21. The van der Waals surface area contributed by atoms with Crippen LogP contribution in [0.25, 0.3) is 0 Å². The second kappa shape index (κ2) is 6.59. The molecule has 0 aliphatic rings. The van der Waals surface area contributed by atoms with Crippen LogP contribution in [0, 0.1) is 5.92 Å². The van der Waals surface area contributed by atoms with Gasteiger partial charge in [-0.3, -0.25) is 5.01 Å². The zero-order chi connectivity index (χ0) is 14.5. The van der Waals surface area contributed by atoms with Gasteiger partial charge in [0, 0.05) is 12.8 Å². The molecule has 0 N–H and O–H groups in total. The van der Waals surface area contributed by atoms with Gasteiger partial charge in [-0.2, -0.15) is 18.3 Å². The zero-order valence-electron chi connectivity index (χ0n) is 11.4. The summed E-state index contributed by atoms with van der Waals surface area (Å²) in [7, 11) is 1.68. The van der Waals surface area contributed by atoms with Crippen LogP contribution in [0.5, 0.6) is 0 Å². The molecule has 2 nitrogen and oxygen atoms in total. The van der Waals surface area contributed by atoms with Gasteiger partial charge in [-0.15, -0.1) is 0 Å². The van der Waals surface area contributed by atoms with Crippen molar-refractivity contribution < 1.29 is 13.2 Å². The molecule has 1 rings (SSSR count). The van der Waals surface area contributed by atoms with Gasteiger partial charge in [0.2, 0.25) is 0 Å². The van der Waals surface area contributed by atoms with E-state index in [0.29, 0.717) is 6.54 Å². The number of alkyl halides is 3. The Hall–Kier alpha value is -1.52. The van der Waals surface area contributed by atoms with Crippen molar-refractivity contribution in [3.05, 3.63) is 35.9 Å². The van der Waals surface area contributed by atoms with Crippen LogP contribution in [0.4, 0.5) is 13.2 Å². The molecule has 106 valence electrons. The van der Waals surface area contributed by atoms with E-state index in [1.165, 1.54) is 13.8 Å². The smallest absolute Gasteiger partial charge is 0.296 e. The summed E-state index contributed by atoms with van der Waals surface area (Å²) in [5.41, 5.74) is 1.12. The first-order valence-electron chi connectivity index (χ1n) is 6.21. The van der Waals surface area contributed by atoms with Crippen LogP contribution < -0.4 is 0 Å². The van der Waals surface area contributed by atoms with Crippen molar-refractivity contribution >= 4 is 5.71 Å². The first kappa shape index (κ1) is 15.5.